The average Bonchev–Trinajstić information content (AvgIpc) is 2.47. The number of rotatable bonds is 5. The Kier molecular flexibility index (Phi) is 5.04. The van der Waals surface area contributed by atoms with Gasteiger partial charge in [0.1, 0.15) is 11.4 Å². The highest BCUT2D eigenvalue weighted by atomic mass is 16.6. The van der Waals surface area contributed by atoms with Crippen molar-refractivity contribution in [1.82, 2.24) is 0 Å². The molecule has 0 heterocycles. The van der Waals surface area contributed by atoms with Gasteiger partial charge in [0.2, 0.25) is 0 Å². The molecule has 0 radical (unpaired) electrons. The number of nitro groups is 1. The van der Waals surface area contributed by atoms with Crippen molar-refractivity contribution in [2.24, 2.45) is 11.8 Å². The van der Waals surface area contributed by atoms with Gasteiger partial charge in [-0.15, -0.1) is 0 Å². The molecule has 1 aromatic carbocycles. The summed E-state index contributed by atoms with van der Waals surface area (Å²) in [6, 6.07) is 5.30. The fourth-order valence-corrected chi connectivity index (χ4v) is 3.10. The molecule has 116 valence electrons. The largest absolute Gasteiger partial charge is 0.496 e. The van der Waals surface area contributed by atoms with E-state index in [-0.39, 0.29) is 10.6 Å². The SMILES string of the molecule is COc1ccc(NC2CCCC(C(C)C)C2)c([N+](=O)[O-])c1. The zero-order valence-corrected chi connectivity index (χ0v) is 13.0. The molecule has 2 atom stereocenters. The molecule has 0 aromatic heterocycles. The number of nitro benzene ring substituents is 1. The van der Waals surface area contributed by atoms with Crippen molar-refractivity contribution in [3.8, 4) is 5.75 Å². The quantitative estimate of drug-likeness (QED) is 0.651. The first-order chi connectivity index (χ1) is 10.0. The molecule has 1 aliphatic carbocycles. The summed E-state index contributed by atoms with van der Waals surface area (Å²) in [5.74, 6) is 1.88. The molecule has 0 amide bonds. The highest BCUT2D eigenvalue weighted by molar-refractivity contribution is 5.64. The van der Waals surface area contributed by atoms with Crippen molar-refractivity contribution in [3.05, 3.63) is 28.3 Å². The Balaban J connectivity index is 2.13. The highest BCUT2D eigenvalue weighted by Crippen LogP contribution is 2.34. The number of ether oxygens (including phenoxy) is 1. The summed E-state index contributed by atoms with van der Waals surface area (Å²) in [5.41, 5.74) is 0.677. The zero-order valence-electron chi connectivity index (χ0n) is 13.0. The first-order valence-corrected chi connectivity index (χ1v) is 7.60. The molecule has 1 N–H and O–H groups in total. The number of nitrogens with zero attached hydrogens (tertiary/aromatic N) is 1. The van der Waals surface area contributed by atoms with Crippen LogP contribution in [-0.2, 0) is 0 Å². The van der Waals surface area contributed by atoms with Gasteiger partial charge in [-0.1, -0.05) is 26.7 Å². The first kappa shape index (κ1) is 15.6. The Hall–Kier alpha value is -1.78. The Morgan fingerprint density at radius 3 is 2.76 bits per heavy atom. The lowest BCUT2D eigenvalue weighted by molar-refractivity contribution is -0.384. The van der Waals surface area contributed by atoms with E-state index < -0.39 is 0 Å². The van der Waals surface area contributed by atoms with Crippen LogP contribution < -0.4 is 10.1 Å². The Morgan fingerprint density at radius 2 is 2.14 bits per heavy atom. The molecule has 21 heavy (non-hydrogen) atoms. The van der Waals surface area contributed by atoms with Crippen LogP contribution in [0.1, 0.15) is 39.5 Å². The van der Waals surface area contributed by atoms with Crippen molar-refractivity contribution in [1.29, 1.82) is 0 Å². The smallest absolute Gasteiger partial charge is 0.296 e. The van der Waals surface area contributed by atoms with E-state index in [0.29, 0.717) is 29.3 Å². The lowest BCUT2D eigenvalue weighted by atomic mass is 9.79. The van der Waals surface area contributed by atoms with E-state index in [1.807, 2.05) is 0 Å². The van der Waals surface area contributed by atoms with Crippen LogP contribution in [-0.4, -0.2) is 18.1 Å². The molecule has 1 fully saturated rings. The first-order valence-electron chi connectivity index (χ1n) is 7.60. The van der Waals surface area contributed by atoms with E-state index in [9.17, 15) is 10.1 Å². The van der Waals surface area contributed by atoms with E-state index in [4.69, 9.17) is 4.74 Å². The van der Waals surface area contributed by atoms with Gasteiger partial charge in [-0.05, 0) is 36.8 Å². The Morgan fingerprint density at radius 1 is 1.38 bits per heavy atom. The summed E-state index contributed by atoms with van der Waals surface area (Å²) in [4.78, 5) is 10.9. The van der Waals surface area contributed by atoms with Crippen molar-refractivity contribution < 1.29 is 9.66 Å². The molecule has 2 unspecified atom stereocenters. The van der Waals surface area contributed by atoms with Gasteiger partial charge in [0.05, 0.1) is 18.1 Å². The predicted octanol–water partition coefficient (Wildman–Crippen LogP) is 4.23. The molecule has 5 nitrogen and oxygen atoms in total. The number of methoxy groups -OCH3 is 1. The number of hydrogen-bond donors (Lipinski definition) is 1. The van der Waals surface area contributed by atoms with Crippen LogP contribution in [0.4, 0.5) is 11.4 Å². The summed E-state index contributed by atoms with van der Waals surface area (Å²) in [6.07, 6.45) is 4.61. The fraction of sp³-hybridized carbons (Fsp3) is 0.625. The van der Waals surface area contributed by atoms with Crippen LogP contribution in [0.2, 0.25) is 0 Å². The molecule has 0 saturated heterocycles. The normalized spacial score (nSPS) is 22.1. The highest BCUT2D eigenvalue weighted by Gasteiger charge is 2.26. The second-order valence-corrected chi connectivity index (χ2v) is 6.15. The van der Waals surface area contributed by atoms with E-state index in [1.165, 1.54) is 26.0 Å². The van der Waals surface area contributed by atoms with Crippen LogP contribution >= 0.6 is 0 Å². The van der Waals surface area contributed by atoms with Crippen molar-refractivity contribution in [2.75, 3.05) is 12.4 Å². The third kappa shape index (κ3) is 3.86. The predicted molar refractivity (Wildman–Crippen MR) is 83.9 cm³/mol. The molecule has 1 aliphatic rings. The van der Waals surface area contributed by atoms with Crippen LogP contribution in [0.25, 0.3) is 0 Å². The van der Waals surface area contributed by atoms with Gasteiger partial charge in [-0.3, -0.25) is 10.1 Å². The molecular formula is C16H24N2O3. The van der Waals surface area contributed by atoms with E-state index in [0.717, 1.165) is 12.8 Å². The summed E-state index contributed by atoms with van der Waals surface area (Å²) < 4.78 is 5.07. The minimum Gasteiger partial charge on any atom is -0.496 e. The Bertz CT molecular complexity index is 502. The third-order valence-corrected chi connectivity index (χ3v) is 4.42. The summed E-state index contributed by atoms with van der Waals surface area (Å²) >= 11 is 0. The summed E-state index contributed by atoms with van der Waals surface area (Å²) in [6.45, 7) is 4.51. The summed E-state index contributed by atoms with van der Waals surface area (Å²) in [7, 11) is 1.51. The zero-order chi connectivity index (χ0) is 15.4. The Labute approximate surface area is 125 Å². The molecule has 0 aliphatic heterocycles. The number of hydrogen-bond acceptors (Lipinski definition) is 4. The average molecular weight is 292 g/mol. The van der Waals surface area contributed by atoms with E-state index in [2.05, 4.69) is 19.2 Å². The maximum absolute atomic E-state index is 11.2. The molecule has 0 bridgehead atoms. The summed E-state index contributed by atoms with van der Waals surface area (Å²) in [5, 5.41) is 14.6. The minimum absolute atomic E-state index is 0.0843. The maximum atomic E-state index is 11.2. The van der Waals surface area contributed by atoms with Gasteiger partial charge in [0.25, 0.3) is 5.69 Å². The molecule has 2 rings (SSSR count). The van der Waals surface area contributed by atoms with Gasteiger partial charge in [-0.2, -0.15) is 0 Å². The van der Waals surface area contributed by atoms with Gasteiger partial charge >= 0.3 is 0 Å². The lowest BCUT2D eigenvalue weighted by Crippen LogP contribution is -2.29. The molecular weight excluding hydrogens is 268 g/mol. The molecule has 0 spiro atoms. The second kappa shape index (κ2) is 6.78. The number of anilines is 1. The number of nitrogens with one attached hydrogen (secondary N) is 1. The molecule has 5 heteroatoms. The van der Waals surface area contributed by atoms with Crippen molar-refractivity contribution in [3.63, 3.8) is 0 Å². The van der Waals surface area contributed by atoms with Gasteiger partial charge in [0.15, 0.2) is 0 Å². The molecule has 1 aromatic rings. The van der Waals surface area contributed by atoms with Gasteiger partial charge in [-0.25, -0.2) is 0 Å². The van der Waals surface area contributed by atoms with Crippen molar-refractivity contribution >= 4 is 11.4 Å². The monoisotopic (exact) mass is 292 g/mol. The second-order valence-electron chi connectivity index (χ2n) is 6.15. The van der Waals surface area contributed by atoms with Crippen LogP contribution in [0.15, 0.2) is 18.2 Å². The van der Waals surface area contributed by atoms with Gasteiger partial charge < -0.3 is 10.1 Å². The number of benzene rings is 1. The van der Waals surface area contributed by atoms with Crippen LogP contribution in [0, 0.1) is 22.0 Å². The molecule has 1 saturated carbocycles. The standard InChI is InChI=1S/C16H24N2O3/c1-11(2)12-5-4-6-13(9-12)17-15-8-7-14(21-3)10-16(15)18(19)20/h7-8,10-13,17H,4-6,9H2,1-3H3. The maximum Gasteiger partial charge on any atom is 0.296 e. The van der Waals surface area contributed by atoms with Crippen molar-refractivity contribution in [2.45, 2.75) is 45.6 Å². The lowest BCUT2D eigenvalue weighted by Gasteiger charge is -2.32. The van der Waals surface area contributed by atoms with Gasteiger partial charge in [0, 0.05) is 6.04 Å². The van der Waals surface area contributed by atoms with Crippen LogP contribution in [0.5, 0.6) is 5.75 Å². The topological polar surface area (TPSA) is 64.4 Å². The third-order valence-electron chi connectivity index (χ3n) is 4.42. The van der Waals surface area contributed by atoms with E-state index >= 15 is 0 Å². The minimum atomic E-state index is -0.354. The fourth-order valence-electron chi connectivity index (χ4n) is 3.10. The van der Waals surface area contributed by atoms with Crippen LogP contribution in [0.3, 0.4) is 0 Å². The van der Waals surface area contributed by atoms with E-state index in [1.54, 1.807) is 12.1 Å².